The molecule has 0 saturated carbocycles. The van der Waals surface area contributed by atoms with Crippen molar-refractivity contribution in [2.45, 2.75) is 11.9 Å². The van der Waals surface area contributed by atoms with Gasteiger partial charge in [-0.05, 0) is 24.1 Å². The maximum absolute atomic E-state index is 10.8. The van der Waals surface area contributed by atoms with E-state index in [1.807, 2.05) is 6.92 Å². The molecule has 0 spiro atoms. The van der Waals surface area contributed by atoms with Gasteiger partial charge in [-0.2, -0.15) is 0 Å². The van der Waals surface area contributed by atoms with Crippen molar-refractivity contribution in [1.29, 1.82) is 0 Å². The van der Waals surface area contributed by atoms with E-state index in [2.05, 4.69) is 11.6 Å². The van der Waals surface area contributed by atoms with E-state index in [1.165, 1.54) is 12.3 Å². The van der Waals surface area contributed by atoms with Crippen LogP contribution in [0, 0.1) is 0 Å². The van der Waals surface area contributed by atoms with Crippen LogP contribution in [-0.4, -0.2) is 13.4 Å². The van der Waals surface area contributed by atoms with Gasteiger partial charge in [-0.1, -0.05) is 12.6 Å². The number of sulfonamides is 1. The second-order valence-corrected chi connectivity index (χ2v) is 4.22. The molecule has 0 amide bonds. The van der Waals surface area contributed by atoms with Crippen molar-refractivity contribution in [3.63, 3.8) is 0 Å². The number of hydrogen-bond donors (Lipinski definition) is 1. The molecular formula is C8H11KN2O2S. The molecule has 2 N–H and O–H groups in total. The van der Waals surface area contributed by atoms with E-state index in [1.54, 1.807) is 6.07 Å². The summed E-state index contributed by atoms with van der Waals surface area (Å²) in [6.07, 6.45) is 1.43. The summed E-state index contributed by atoms with van der Waals surface area (Å²) in [6, 6.07) is 2.98. The van der Waals surface area contributed by atoms with Gasteiger partial charge in [-0.25, -0.2) is 18.5 Å². The van der Waals surface area contributed by atoms with Crippen molar-refractivity contribution >= 4 is 15.6 Å². The molecule has 6 heteroatoms. The van der Waals surface area contributed by atoms with Gasteiger partial charge in [0.15, 0.2) is 5.03 Å². The van der Waals surface area contributed by atoms with Crippen LogP contribution in [0.3, 0.4) is 0 Å². The Balaban J connectivity index is 0. The van der Waals surface area contributed by atoms with Crippen molar-refractivity contribution in [2.24, 2.45) is 5.14 Å². The molecular weight excluding hydrogens is 227 g/mol. The van der Waals surface area contributed by atoms with Crippen LogP contribution in [0.2, 0.25) is 0 Å². The number of hydrogen-bond acceptors (Lipinski definition) is 3. The Morgan fingerprint density at radius 1 is 1.57 bits per heavy atom. The van der Waals surface area contributed by atoms with Gasteiger partial charge in [-0.3, -0.25) is 0 Å². The smallest absolute Gasteiger partial charge is 1.00 e. The van der Waals surface area contributed by atoms with E-state index >= 15 is 0 Å². The summed E-state index contributed by atoms with van der Waals surface area (Å²) in [5.41, 5.74) is 1.63. The number of pyridine rings is 1. The summed E-state index contributed by atoms with van der Waals surface area (Å²) >= 11 is 0. The molecule has 0 saturated heterocycles. The maximum atomic E-state index is 10.8. The molecule has 4 nitrogen and oxygen atoms in total. The first kappa shape index (κ1) is 14.4. The molecule has 0 radical (unpaired) electrons. The minimum Gasteiger partial charge on any atom is -1.00 e. The van der Waals surface area contributed by atoms with Crippen LogP contribution in [0.25, 0.3) is 5.57 Å². The summed E-state index contributed by atoms with van der Waals surface area (Å²) in [6.45, 7) is 5.51. The second-order valence-electron chi connectivity index (χ2n) is 2.71. The number of aromatic nitrogens is 1. The van der Waals surface area contributed by atoms with Crippen molar-refractivity contribution in [3.05, 3.63) is 30.5 Å². The summed E-state index contributed by atoms with van der Waals surface area (Å²) in [7, 11) is -3.69. The molecule has 1 aromatic rings. The molecule has 0 unspecified atom stereocenters. The number of allylic oxidation sites excluding steroid dienone is 1. The molecule has 0 atom stereocenters. The SMILES string of the molecule is C=C(C)c1ccc(S(N)(=O)=O)nc1.[H-].[K+]. The molecule has 0 aromatic carbocycles. The van der Waals surface area contributed by atoms with Crippen molar-refractivity contribution in [1.82, 2.24) is 4.98 Å². The van der Waals surface area contributed by atoms with Gasteiger partial charge < -0.3 is 1.43 Å². The second kappa shape index (κ2) is 5.50. The fourth-order valence-corrected chi connectivity index (χ4v) is 1.26. The Hall–Kier alpha value is 0.436. The number of nitrogens with zero attached hydrogens (tertiary/aromatic N) is 1. The predicted molar refractivity (Wildman–Crippen MR) is 51.4 cm³/mol. The number of primary sulfonamides is 1. The molecule has 72 valence electrons. The normalized spacial score (nSPS) is 10.4. The van der Waals surface area contributed by atoms with E-state index in [9.17, 15) is 8.42 Å². The summed E-state index contributed by atoms with van der Waals surface area (Å²) < 4.78 is 21.6. The third-order valence-electron chi connectivity index (χ3n) is 1.52. The Labute approximate surface area is 128 Å². The standard InChI is InChI=1S/C8H10N2O2S.K.H/c1-6(2)7-3-4-8(10-5-7)13(9,11)12;;/h3-5H,1H2,2H3,(H2,9,11,12);;/q;+1;-1. The zero-order valence-corrected chi connectivity index (χ0v) is 12.1. The zero-order chi connectivity index (χ0) is 10.1. The van der Waals surface area contributed by atoms with E-state index in [0.29, 0.717) is 0 Å². The van der Waals surface area contributed by atoms with Gasteiger partial charge >= 0.3 is 51.4 Å². The van der Waals surface area contributed by atoms with Crippen LogP contribution in [0.1, 0.15) is 13.9 Å². The minimum atomic E-state index is -3.69. The van der Waals surface area contributed by atoms with E-state index in [-0.39, 0.29) is 57.8 Å². The zero-order valence-electron chi connectivity index (χ0n) is 9.19. The molecule has 1 heterocycles. The van der Waals surface area contributed by atoms with E-state index in [0.717, 1.165) is 11.1 Å². The first-order valence-electron chi connectivity index (χ1n) is 3.56. The van der Waals surface area contributed by atoms with Crippen LogP contribution < -0.4 is 56.5 Å². The molecule has 0 fully saturated rings. The first-order valence-corrected chi connectivity index (χ1v) is 5.10. The van der Waals surface area contributed by atoms with Gasteiger partial charge in [0.1, 0.15) is 0 Å². The Morgan fingerprint density at radius 3 is 2.43 bits per heavy atom. The monoisotopic (exact) mass is 238 g/mol. The molecule has 0 aliphatic heterocycles. The third-order valence-corrected chi connectivity index (χ3v) is 2.35. The van der Waals surface area contributed by atoms with Crippen molar-refractivity contribution < 1.29 is 61.2 Å². The Kier molecular flexibility index (Phi) is 5.67. The van der Waals surface area contributed by atoms with Gasteiger partial charge in [0.2, 0.25) is 0 Å². The van der Waals surface area contributed by atoms with E-state index < -0.39 is 10.0 Å². The first-order chi connectivity index (χ1) is 5.91. The van der Waals surface area contributed by atoms with Gasteiger partial charge in [-0.15, -0.1) is 0 Å². The van der Waals surface area contributed by atoms with Crippen LogP contribution in [0.4, 0.5) is 0 Å². The summed E-state index contributed by atoms with van der Waals surface area (Å²) in [5, 5.41) is 4.74. The number of rotatable bonds is 2. The van der Waals surface area contributed by atoms with Gasteiger partial charge in [0.25, 0.3) is 10.0 Å². The van der Waals surface area contributed by atoms with Crippen molar-refractivity contribution in [3.8, 4) is 0 Å². The molecule has 1 aromatic heterocycles. The topological polar surface area (TPSA) is 73.1 Å². The van der Waals surface area contributed by atoms with Crippen LogP contribution in [0.15, 0.2) is 29.9 Å². The molecule has 14 heavy (non-hydrogen) atoms. The summed E-state index contributed by atoms with van der Waals surface area (Å²) in [5.74, 6) is 0. The molecule has 0 bridgehead atoms. The largest absolute Gasteiger partial charge is 1.00 e. The predicted octanol–water partition coefficient (Wildman–Crippen LogP) is -2.12. The van der Waals surface area contributed by atoms with Crippen LogP contribution >= 0.6 is 0 Å². The van der Waals surface area contributed by atoms with Gasteiger partial charge in [0.05, 0.1) is 0 Å². The quantitative estimate of drug-likeness (QED) is 0.599. The van der Waals surface area contributed by atoms with Crippen LogP contribution in [-0.2, 0) is 10.0 Å². The fraction of sp³-hybridized carbons (Fsp3) is 0.125. The molecule has 1 rings (SSSR count). The third kappa shape index (κ3) is 3.89. The van der Waals surface area contributed by atoms with Crippen LogP contribution in [0.5, 0.6) is 0 Å². The fourth-order valence-electron chi connectivity index (χ4n) is 0.801. The molecule has 0 aliphatic carbocycles. The van der Waals surface area contributed by atoms with E-state index in [4.69, 9.17) is 5.14 Å². The average Bonchev–Trinajstić information content (AvgIpc) is 2.03. The average molecular weight is 238 g/mol. The summed E-state index contributed by atoms with van der Waals surface area (Å²) in [4.78, 5) is 3.70. The Morgan fingerprint density at radius 2 is 2.14 bits per heavy atom. The van der Waals surface area contributed by atoms with Gasteiger partial charge in [0, 0.05) is 6.20 Å². The molecule has 0 aliphatic rings. The number of nitrogens with two attached hydrogens (primary N) is 1. The Bertz CT molecular complexity index is 430. The maximum Gasteiger partial charge on any atom is 1.00 e. The van der Waals surface area contributed by atoms with Crippen molar-refractivity contribution in [2.75, 3.05) is 0 Å². The minimum absolute atomic E-state index is 0.